The van der Waals surface area contributed by atoms with E-state index in [1.54, 1.807) is 6.20 Å². The van der Waals surface area contributed by atoms with Crippen molar-refractivity contribution in [2.45, 2.75) is 26.4 Å². The molecule has 0 atom stereocenters. The second kappa shape index (κ2) is 6.83. The van der Waals surface area contributed by atoms with E-state index < -0.39 is 5.97 Å². The molecule has 0 aliphatic rings. The molecule has 5 nitrogen and oxygen atoms in total. The Labute approximate surface area is 124 Å². The van der Waals surface area contributed by atoms with Crippen LogP contribution in [0.5, 0.6) is 0 Å². The Bertz CT molecular complexity index is 599. The Balaban J connectivity index is 2.28. The second-order valence-electron chi connectivity index (χ2n) is 4.96. The molecule has 0 radical (unpaired) electrons. The Morgan fingerprint density at radius 2 is 1.95 bits per heavy atom. The van der Waals surface area contributed by atoms with Crippen LogP contribution in [0.3, 0.4) is 0 Å². The van der Waals surface area contributed by atoms with E-state index in [1.807, 2.05) is 18.2 Å². The van der Waals surface area contributed by atoms with Crippen LogP contribution in [0, 0.1) is 0 Å². The van der Waals surface area contributed by atoms with E-state index in [4.69, 9.17) is 0 Å². The number of hydrogen-bond donors (Lipinski definition) is 0. The van der Waals surface area contributed by atoms with Crippen molar-refractivity contribution in [1.29, 1.82) is 0 Å². The first-order valence-electron chi connectivity index (χ1n) is 6.82. The zero-order chi connectivity index (χ0) is 15.2. The van der Waals surface area contributed by atoms with Gasteiger partial charge in [0.15, 0.2) is 5.69 Å². The van der Waals surface area contributed by atoms with Gasteiger partial charge in [0.1, 0.15) is 5.82 Å². The quantitative estimate of drug-likeness (QED) is 0.791. The monoisotopic (exact) mass is 285 g/mol. The van der Waals surface area contributed by atoms with Crippen LogP contribution in [0.25, 0.3) is 0 Å². The number of benzene rings is 1. The van der Waals surface area contributed by atoms with Gasteiger partial charge in [0.2, 0.25) is 0 Å². The molecule has 0 spiro atoms. The Kier molecular flexibility index (Phi) is 4.87. The first kappa shape index (κ1) is 15.0. The zero-order valence-corrected chi connectivity index (χ0v) is 12.5. The molecule has 21 heavy (non-hydrogen) atoms. The molecule has 0 N–H and O–H groups in total. The fourth-order valence-corrected chi connectivity index (χ4v) is 2.01. The van der Waals surface area contributed by atoms with Crippen LogP contribution < -0.4 is 4.90 Å². The molecular weight excluding hydrogens is 266 g/mol. The molecule has 2 rings (SSSR count). The Morgan fingerprint density at radius 3 is 2.57 bits per heavy atom. The summed E-state index contributed by atoms with van der Waals surface area (Å²) in [6, 6.07) is 10.3. The number of methoxy groups -OCH3 is 1. The molecule has 1 aromatic heterocycles. The minimum Gasteiger partial charge on any atom is -0.464 e. The molecule has 0 unspecified atom stereocenters. The van der Waals surface area contributed by atoms with Gasteiger partial charge < -0.3 is 9.64 Å². The van der Waals surface area contributed by atoms with Gasteiger partial charge in [0, 0.05) is 12.6 Å². The van der Waals surface area contributed by atoms with Crippen molar-refractivity contribution in [3.63, 3.8) is 0 Å². The Hall–Kier alpha value is -2.43. The predicted molar refractivity (Wildman–Crippen MR) is 81.1 cm³/mol. The zero-order valence-electron chi connectivity index (χ0n) is 12.5. The maximum atomic E-state index is 11.6. The van der Waals surface area contributed by atoms with Gasteiger partial charge in [-0.1, -0.05) is 30.3 Å². The smallest absolute Gasteiger partial charge is 0.358 e. The van der Waals surface area contributed by atoms with Crippen molar-refractivity contribution in [1.82, 2.24) is 9.97 Å². The number of ether oxygens (including phenoxy) is 1. The van der Waals surface area contributed by atoms with Crippen LogP contribution in [0.1, 0.15) is 29.9 Å². The van der Waals surface area contributed by atoms with Crippen molar-refractivity contribution in [2.75, 3.05) is 12.0 Å². The van der Waals surface area contributed by atoms with Gasteiger partial charge in [0.25, 0.3) is 0 Å². The highest BCUT2D eigenvalue weighted by molar-refractivity contribution is 5.87. The molecule has 1 aromatic carbocycles. The van der Waals surface area contributed by atoms with Gasteiger partial charge >= 0.3 is 5.97 Å². The molecule has 0 bridgehead atoms. The van der Waals surface area contributed by atoms with E-state index >= 15 is 0 Å². The van der Waals surface area contributed by atoms with Crippen LogP contribution >= 0.6 is 0 Å². The van der Waals surface area contributed by atoms with Gasteiger partial charge in [0.05, 0.1) is 19.5 Å². The average molecular weight is 285 g/mol. The van der Waals surface area contributed by atoms with E-state index in [1.165, 1.54) is 18.9 Å². The molecule has 0 aliphatic carbocycles. The number of aromatic nitrogens is 2. The SMILES string of the molecule is COC(=O)c1cncc(N(Cc2ccccc2)C(C)C)n1. The lowest BCUT2D eigenvalue weighted by molar-refractivity contribution is 0.0593. The van der Waals surface area contributed by atoms with Gasteiger partial charge in [-0.3, -0.25) is 4.98 Å². The number of carbonyl (C=O) groups excluding carboxylic acids is 1. The summed E-state index contributed by atoms with van der Waals surface area (Å²) >= 11 is 0. The predicted octanol–water partition coefficient (Wildman–Crippen LogP) is 2.68. The van der Waals surface area contributed by atoms with Gasteiger partial charge in [-0.25, -0.2) is 9.78 Å². The molecule has 2 aromatic rings. The first-order valence-corrected chi connectivity index (χ1v) is 6.82. The van der Waals surface area contributed by atoms with Crippen LogP contribution in [0.15, 0.2) is 42.7 Å². The first-order chi connectivity index (χ1) is 10.1. The molecule has 0 saturated heterocycles. The minimum atomic E-state index is -0.479. The lowest BCUT2D eigenvalue weighted by atomic mass is 10.2. The third kappa shape index (κ3) is 3.78. The van der Waals surface area contributed by atoms with Gasteiger partial charge in [-0.2, -0.15) is 0 Å². The summed E-state index contributed by atoms with van der Waals surface area (Å²) in [6.07, 6.45) is 3.08. The normalized spacial score (nSPS) is 10.5. The molecule has 0 amide bonds. The van der Waals surface area contributed by atoms with Crippen molar-refractivity contribution >= 4 is 11.8 Å². The van der Waals surface area contributed by atoms with E-state index in [9.17, 15) is 4.79 Å². The van der Waals surface area contributed by atoms with Crippen LogP contribution in [-0.4, -0.2) is 29.1 Å². The number of nitrogens with zero attached hydrogens (tertiary/aromatic N) is 3. The molecule has 110 valence electrons. The van der Waals surface area contributed by atoms with Crippen molar-refractivity contribution in [2.24, 2.45) is 0 Å². The summed E-state index contributed by atoms with van der Waals surface area (Å²) in [5.74, 6) is 0.185. The average Bonchev–Trinajstić information content (AvgIpc) is 2.52. The van der Waals surface area contributed by atoms with Crippen molar-refractivity contribution in [3.05, 3.63) is 54.0 Å². The molecule has 5 heteroatoms. The highest BCUT2D eigenvalue weighted by Gasteiger charge is 2.16. The number of rotatable bonds is 5. The van der Waals surface area contributed by atoms with E-state index in [2.05, 4.69) is 45.6 Å². The van der Waals surface area contributed by atoms with Crippen LogP contribution in [0.2, 0.25) is 0 Å². The standard InChI is InChI=1S/C16H19N3O2/c1-12(2)19(11-13-7-5-4-6-8-13)15-10-17-9-14(18-15)16(20)21-3/h4-10,12H,11H2,1-3H3. The summed E-state index contributed by atoms with van der Waals surface area (Å²) < 4.78 is 4.69. The van der Waals surface area contributed by atoms with Crippen LogP contribution in [0.4, 0.5) is 5.82 Å². The lowest BCUT2D eigenvalue weighted by Crippen LogP contribution is -2.31. The summed E-state index contributed by atoms with van der Waals surface area (Å²) in [4.78, 5) is 22.1. The summed E-state index contributed by atoms with van der Waals surface area (Å²) in [7, 11) is 1.33. The van der Waals surface area contributed by atoms with E-state index in [-0.39, 0.29) is 11.7 Å². The molecule has 0 fully saturated rings. The fourth-order valence-electron chi connectivity index (χ4n) is 2.01. The molecular formula is C16H19N3O2. The van der Waals surface area contributed by atoms with Crippen molar-refractivity contribution < 1.29 is 9.53 Å². The van der Waals surface area contributed by atoms with Gasteiger partial charge in [-0.15, -0.1) is 0 Å². The largest absolute Gasteiger partial charge is 0.464 e. The number of anilines is 1. The summed E-state index contributed by atoms with van der Waals surface area (Å²) in [6.45, 7) is 4.86. The number of esters is 1. The second-order valence-corrected chi connectivity index (χ2v) is 4.96. The lowest BCUT2D eigenvalue weighted by Gasteiger charge is -2.27. The summed E-state index contributed by atoms with van der Waals surface area (Å²) in [5, 5.41) is 0. The van der Waals surface area contributed by atoms with Gasteiger partial charge in [-0.05, 0) is 19.4 Å². The maximum Gasteiger partial charge on any atom is 0.358 e. The van der Waals surface area contributed by atoms with Crippen LogP contribution in [-0.2, 0) is 11.3 Å². The molecule has 0 aliphatic heterocycles. The Morgan fingerprint density at radius 1 is 1.24 bits per heavy atom. The van der Waals surface area contributed by atoms with E-state index in [0.29, 0.717) is 12.4 Å². The number of carbonyl (C=O) groups is 1. The highest BCUT2D eigenvalue weighted by atomic mass is 16.5. The third-order valence-corrected chi connectivity index (χ3v) is 3.13. The fraction of sp³-hybridized carbons (Fsp3) is 0.312. The van der Waals surface area contributed by atoms with E-state index in [0.717, 1.165) is 0 Å². The minimum absolute atomic E-state index is 0.216. The summed E-state index contributed by atoms with van der Waals surface area (Å²) in [5.41, 5.74) is 1.39. The third-order valence-electron chi connectivity index (χ3n) is 3.13. The topological polar surface area (TPSA) is 55.3 Å². The maximum absolute atomic E-state index is 11.6. The highest BCUT2D eigenvalue weighted by Crippen LogP contribution is 2.17. The molecule has 1 heterocycles. The number of hydrogen-bond acceptors (Lipinski definition) is 5. The molecule has 0 saturated carbocycles. The van der Waals surface area contributed by atoms with Crippen molar-refractivity contribution in [3.8, 4) is 0 Å².